The fraction of sp³-hybridized carbons (Fsp3) is 0.727. The molecular weight excluding hydrogens is 270 g/mol. The summed E-state index contributed by atoms with van der Waals surface area (Å²) in [7, 11) is 0. The summed E-state index contributed by atoms with van der Waals surface area (Å²) in [6.07, 6.45) is 1.42. The Bertz CT molecular complexity index is 336. The average Bonchev–Trinajstić information content (AvgIpc) is 2.31. The summed E-state index contributed by atoms with van der Waals surface area (Å²) in [5.74, 6) is -1.93. The van der Waals surface area contributed by atoms with Gasteiger partial charge in [0.25, 0.3) is 0 Å². The van der Waals surface area contributed by atoms with Gasteiger partial charge in [0.2, 0.25) is 11.8 Å². The summed E-state index contributed by atoms with van der Waals surface area (Å²) in [5, 5.41) is 13.1. The number of aliphatic carboxylic acids is 1. The number of nitrogens with two attached hydrogens (primary N) is 1. The van der Waals surface area contributed by atoms with E-state index < -0.39 is 23.2 Å². The minimum atomic E-state index is -1.06. The van der Waals surface area contributed by atoms with E-state index >= 15 is 0 Å². The molecule has 7 nitrogen and oxygen atoms in total. The highest BCUT2D eigenvalue weighted by Crippen LogP contribution is 2.10. The number of hydrogen-bond donors (Lipinski definition) is 4. The van der Waals surface area contributed by atoms with Gasteiger partial charge in [-0.2, -0.15) is 0 Å². The van der Waals surface area contributed by atoms with Crippen LogP contribution >= 0.6 is 11.8 Å². The van der Waals surface area contributed by atoms with Crippen molar-refractivity contribution >= 4 is 29.5 Å². The number of nitrogens with one attached hydrogen (secondary N) is 2. The third-order valence-electron chi connectivity index (χ3n) is 2.25. The van der Waals surface area contributed by atoms with Crippen molar-refractivity contribution in [2.24, 2.45) is 5.73 Å². The van der Waals surface area contributed by atoms with Gasteiger partial charge in [0.1, 0.15) is 11.3 Å². The monoisotopic (exact) mass is 291 g/mol. The normalized spacial score (nSPS) is 13.7. The first-order valence-electron chi connectivity index (χ1n) is 5.87. The molecule has 110 valence electrons. The Morgan fingerprint density at radius 3 is 2.21 bits per heavy atom. The van der Waals surface area contributed by atoms with Crippen molar-refractivity contribution in [3.8, 4) is 0 Å². The van der Waals surface area contributed by atoms with Crippen LogP contribution in [0, 0.1) is 0 Å². The minimum absolute atomic E-state index is 0.0404. The zero-order valence-corrected chi connectivity index (χ0v) is 12.1. The Kier molecular flexibility index (Phi) is 8.17. The molecule has 19 heavy (non-hydrogen) atoms. The SMILES string of the molecule is CSC(CC(=O)NC(CN)C(=O)NC(C)C)C(=O)O. The second kappa shape index (κ2) is 8.76. The molecule has 2 amide bonds. The van der Waals surface area contributed by atoms with Crippen molar-refractivity contribution in [2.45, 2.75) is 37.6 Å². The summed E-state index contributed by atoms with van der Waals surface area (Å²) in [4.78, 5) is 34.1. The topological polar surface area (TPSA) is 122 Å². The molecule has 0 saturated heterocycles. The van der Waals surface area contributed by atoms with E-state index in [1.54, 1.807) is 20.1 Å². The molecule has 0 aromatic rings. The lowest BCUT2D eigenvalue weighted by atomic mass is 10.2. The lowest BCUT2D eigenvalue weighted by Gasteiger charge is -2.19. The van der Waals surface area contributed by atoms with Crippen LogP contribution in [-0.2, 0) is 14.4 Å². The van der Waals surface area contributed by atoms with Gasteiger partial charge >= 0.3 is 5.97 Å². The molecule has 0 bridgehead atoms. The van der Waals surface area contributed by atoms with Crippen LogP contribution in [0.15, 0.2) is 0 Å². The third kappa shape index (κ3) is 7.02. The molecule has 0 fully saturated rings. The maximum atomic E-state index is 11.7. The van der Waals surface area contributed by atoms with Gasteiger partial charge in [-0.25, -0.2) is 0 Å². The smallest absolute Gasteiger partial charge is 0.317 e. The quantitative estimate of drug-likeness (QED) is 0.463. The van der Waals surface area contributed by atoms with E-state index in [0.717, 1.165) is 11.8 Å². The number of carboxylic acid groups (broad SMARTS) is 1. The van der Waals surface area contributed by atoms with E-state index in [0.29, 0.717) is 0 Å². The maximum Gasteiger partial charge on any atom is 0.317 e. The van der Waals surface area contributed by atoms with Crippen LogP contribution in [-0.4, -0.2) is 53.0 Å². The molecule has 0 aromatic carbocycles. The van der Waals surface area contributed by atoms with E-state index in [2.05, 4.69) is 10.6 Å². The second-order valence-electron chi connectivity index (χ2n) is 4.29. The molecule has 2 unspecified atom stereocenters. The van der Waals surface area contributed by atoms with Crippen molar-refractivity contribution in [1.29, 1.82) is 0 Å². The van der Waals surface area contributed by atoms with E-state index in [1.165, 1.54) is 0 Å². The van der Waals surface area contributed by atoms with Crippen LogP contribution in [0.3, 0.4) is 0 Å². The summed E-state index contributed by atoms with van der Waals surface area (Å²) in [6, 6.07) is -0.900. The van der Waals surface area contributed by atoms with Gasteiger partial charge in [-0.15, -0.1) is 11.8 Å². The van der Waals surface area contributed by atoms with Gasteiger partial charge in [-0.3, -0.25) is 14.4 Å². The molecule has 0 aliphatic rings. The van der Waals surface area contributed by atoms with E-state index in [1.807, 2.05) is 0 Å². The number of carbonyl (C=O) groups excluding carboxylic acids is 2. The van der Waals surface area contributed by atoms with Crippen LogP contribution in [0.5, 0.6) is 0 Å². The van der Waals surface area contributed by atoms with E-state index in [4.69, 9.17) is 10.8 Å². The highest BCUT2D eigenvalue weighted by atomic mass is 32.2. The fourth-order valence-electron chi connectivity index (χ4n) is 1.31. The number of amides is 2. The van der Waals surface area contributed by atoms with E-state index in [-0.39, 0.29) is 24.9 Å². The van der Waals surface area contributed by atoms with Crippen molar-refractivity contribution in [2.75, 3.05) is 12.8 Å². The molecule has 0 aliphatic heterocycles. The Hall–Kier alpha value is -1.28. The number of rotatable bonds is 8. The van der Waals surface area contributed by atoms with Gasteiger partial charge in [-0.1, -0.05) is 0 Å². The largest absolute Gasteiger partial charge is 0.480 e. The van der Waals surface area contributed by atoms with Crippen molar-refractivity contribution in [3.05, 3.63) is 0 Å². The summed E-state index contributed by atoms with van der Waals surface area (Å²) in [6.45, 7) is 3.55. The van der Waals surface area contributed by atoms with Crippen molar-refractivity contribution in [3.63, 3.8) is 0 Å². The molecule has 0 aromatic heterocycles. The standard InChI is InChI=1S/C11H21N3O4S/c1-6(2)13-10(16)7(5-12)14-9(15)4-8(19-3)11(17)18/h6-8H,4-5,12H2,1-3H3,(H,13,16)(H,14,15)(H,17,18). The van der Waals surface area contributed by atoms with Gasteiger partial charge in [0, 0.05) is 19.0 Å². The molecular formula is C11H21N3O4S. The molecule has 0 rings (SSSR count). The first-order valence-corrected chi connectivity index (χ1v) is 7.16. The number of carboxylic acids is 1. The Morgan fingerprint density at radius 2 is 1.84 bits per heavy atom. The van der Waals surface area contributed by atoms with Crippen molar-refractivity contribution in [1.82, 2.24) is 10.6 Å². The van der Waals surface area contributed by atoms with Crippen LogP contribution in [0.2, 0.25) is 0 Å². The van der Waals surface area contributed by atoms with Gasteiger partial charge in [0.15, 0.2) is 0 Å². The summed E-state index contributed by atoms with van der Waals surface area (Å²) < 4.78 is 0. The molecule has 5 N–H and O–H groups in total. The minimum Gasteiger partial charge on any atom is -0.480 e. The lowest BCUT2D eigenvalue weighted by Crippen LogP contribution is -2.52. The maximum absolute atomic E-state index is 11.7. The zero-order valence-electron chi connectivity index (χ0n) is 11.3. The number of hydrogen-bond acceptors (Lipinski definition) is 5. The molecule has 0 heterocycles. The lowest BCUT2D eigenvalue weighted by molar-refractivity contribution is -0.138. The average molecular weight is 291 g/mol. The van der Waals surface area contributed by atoms with Gasteiger partial charge in [-0.05, 0) is 20.1 Å². The molecule has 0 radical (unpaired) electrons. The van der Waals surface area contributed by atoms with Crippen LogP contribution in [0.1, 0.15) is 20.3 Å². The van der Waals surface area contributed by atoms with Crippen LogP contribution < -0.4 is 16.4 Å². The Labute approximate surface area is 116 Å². The molecule has 0 aliphatic carbocycles. The van der Waals surface area contributed by atoms with E-state index in [9.17, 15) is 14.4 Å². The zero-order chi connectivity index (χ0) is 15.0. The molecule has 0 spiro atoms. The van der Waals surface area contributed by atoms with Crippen LogP contribution in [0.25, 0.3) is 0 Å². The first-order chi connectivity index (χ1) is 8.81. The Balaban J connectivity index is 4.42. The van der Waals surface area contributed by atoms with Crippen molar-refractivity contribution < 1.29 is 19.5 Å². The predicted octanol–water partition coefficient (Wildman–Crippen LogP) is -0.839. The van der Waals surface area contributed by atoms with Gasteiger partial charge in [0.05, 0.1) is 0 Å². The first kappa shape index (κ1) is 17.7. The van der Waals surface area contributed by atoms with Crippen LogP contribution in [0.4, 0.5) is 0 Å². The number of thioether (sulfide) groups is 1. The predicted molar refractivity (Wildman–Crippen MR) is 73.8 cm³/mol. The Morgan fingerprint density at radius 1 is 1.26 bits per heavy atom. The second-order valence-corrected chi connectivity index (χ2v) is 5.33. The fourth-order valence-corrected chi connectivity index (χ4v) is 1.83. The molecule has 8 heteroatoms. The summed E-state index contributed by atoms with van der Waals surface area (Å²) >= 11 is 1.07. The summed E-state index contributed by atoms with van der Waals surface area (Å²) in [5.41, 5.74) is 5.42. The van der Waals surface area contributed by atoms with Gasteiger partial charge < -0.3 is 21.5 Å². The highest BCUT2D eigenvalue weighted by Gasteiger charge is 2.24. The molecule has 2 atom stereocenters. The third-order valence-corrected chi connectivity index (χ3v) is 3.19. The number of carbonyl (C=O) groups is 3. The molecule has 0 saturated carbocycles. The highest BCUT2D eigenvalue weighted by molar-refractivity contribution is 7.99.